The second-order valence-corrected chi connectivity index (χ2v) is 7.40. The van der Waals surface area contributed by atoms with Gasteiger partial charge in [-0.1, -0.05) is 42.5 Å². The van der Waals surface area contributed by atoms with E-state index in [-0.39, 0.29) is 24.1 Å². The molecule has 1 aliphatic heterocycles. The summed E-state index contributed by atoms with van der Waals surface area (Å²) in [5, 5.41) is 0. The molecule has 0 radical (unpaired) electrons. The van der Waals surface area contributed by atoms with Crippen molar-refractivity contribution in [1.82, 2.24) is 9.80 Å². The molecule has 6 heteroatoms. The summed E-state index contributed by atoms with van der Waals surface area (Å²) in [4.78, 5) is 29.1. The van der Waals surface area contributed by atoms with Crippen LogP contribution in [0.1, 0.15) is 24.5 Å². The highest BCUT2D eigenvalue weighted by Gasteiger charge is 2.35. The molecule has 1 unspecified atom stereocenters. The molecule has 0 bridgehead atoms. The Bertz CT molecular complexity index is 839. The van der Waals surface area contributed by atoms with Crippen LogP contribution in [0.4, 0.5) is 4.39 Å². The fraction of sp³-hybridized carbons (Fsp3) is 0.364. The lowest BCUT2D eigenvalue weighted by atomic mass is 9.91. The predicted molar refractivity (Wildman–Crippen MR) is 106 cm³/mol. The molecule has 0 aliphatic carbocycles. The highest BCUT2D eigenvalue weighted by Crippen LogP contribution is 2.21. The van der Waals surface area contributed by atoms with Crippen LogP contribution in [0.15, 0.2) is 54.6 Å². The van der Waals surface area contributed by atoms with Gasteiger partial charge in [-0.25, -0.2) is 4.39 Å². The molecule has 0 aromatic heterocycles. The van der Waals surface area contributed by atoms with Gasteiger partial charge >= 0.3 is 0 Å². The topological polar surface area (TPSA) is 66.6 Å². The van der Waals surface area contributed by atoms with Gasteiger partial charge in [0, 0.05) is 26.2 Å². The molecule has 28 heavy (non-hydrogen) atoms. The quantitative estimate of drug-likeness (QED) is 0.881. The molecule has 0 spiro atoms. The van der Waals surface area contributed by atoms with Gasteiger partial charge in [0.1, 0.15) is 11.4 Å². The number of hydrogen-bond acceptors (Lipinski definition) is 3. The summed E-state index contributed by atoms with van der Waals surface area (Å²) in [6.07, 6.45) is 0.843. The fourth-order valence-electron chi connectivity index (χ4n) is 3.54. The molecule has 2 aromatic rings. The second-order valence-electron chi connectivity index (χ2n) is 7.40. The smallest absolute Gasteiger partial charge is 0.247 e. The van der Waals surface area contributed by atoms with E-state index in [1.54, 1.807) is 28.9 Å². The molecule has 2 amide bonds. The summed E-state index contributed by atoms with van der Waals surface area (Å²) in [6.45, 7) is 3.74. The summed E-state index contributed by atoms with van der Waals surface area (Å²) >= 11 is 0. The number of carbonyl (C=O) groups is 2. The van der Waals surface area contributed by atoms with Crippen LogP contribution in [-0.2, 0) is 21.5 Å². The molecule has 1 saturated heterocycles. The van der Waals surface area contributed by atoms with Crippen molar-refractivity contribution in [1.29, 1.82) is 0 Å². The van der Waals surface area contributed by atoms with Gasteiger partial charge in [0.2, 0.25) is 11.8 Å². The standard InChI is InChI=1S/C22H26FN3O2/c1-22(24,18-8-3-2-4-9-18)21(28)26-12-6-11-25(13-14-26)20(27)16-17-7-5-10-19(23)15-17/h2-5,7-10,15H,6,11-14,16,24H2,1H3. The van der Waals surface area contributed by atoms with Gasteiger partial charge in [-0.3, -0.25) is 9.59 Å². The van der Waals surface area contributed by atoms with E-state index in [0.717, 1.165) is 5.56 Å². The molecule has 1 atom stereocenters. The van der Waals surface area contributed by atoms with Crippen molar-refractivity contribution in [3.63, 3.8) is 0 Å². The maximum Gasteiger partial charge on any atom is 0.247 e. The highest BCUT2D eigenvalue weighted by atomic mass is 19.1. The first-order valence-corrected chi connectivity index (χ1v) is 9.54. The third kappa shape index (κ3) is 4.57. The number of carbonyl (C=O) groups excluding carboxylic acids is 2. The third-order valence-electron chi connectivity index (χ3n) is 5.20. The van der Waals surface area contributed by atoms with Gasteiger partial charge in [-0.2, -0.15) is 0 Å². The average Bonchev–Trinajstić information content (AvgIpc) is 2.94. The van der Waals surface area contributed by atoms with Crippen LogP contribution in [-0.4, -0.2) is 47.8 Å². The Balaban J connectivity index is 1.63. The average molecular weight is 383 g/mol. The molecular formula is C22H26FN3O2. The van der Waals surface area contributed by atoms with Crippen molar-refractivity contribution in [3.05, 3.63) is 71.5 Å². The summed E-state index contributed by atoms with van der Waals surface area (Å²) < 4.78 is 13.3. The van der Waals surface area contributed by atoms with E-state index in [4.69, 9.17) is 5.73 Å². The molecular weight excluding hydrogens is 357 g/mol. The number of halogens is 1. The Morgan fingerprint density at radius 3 is 2.39 bits per heavy atom. The molecule has 2 N–H and O–H groups in total. The van der Waals surface area contributed by atoms with Crippen molar-refractivity contribution in [2.75, 3.05) is 26.2 Å². The molecule has 2 aromatic carbocycles. The lowest BCUT2D eigenvalue weighted by Crippen LogP contribution is -2.52. The minimum Gasteiger partial charge on any atom is -0.341 e. The van der Waals surface area contributed by atoms with Crippen molar-refractivity contribution in [3.8, 4) is 0 Å². The van der Waals surface area contributed by atoms with E-state index in [1.165, 1.54) is 12.1 Å². The lowest BCUT2D eigenvalue weighted by molar-refractivity contribution is -0.137. The predicted octanol–water partition coefficient (Wildman–Crippen LogP) is 2.30. The van der Waals surface area contributed by atoms with Crippen LogP contribution < -0.4 is 5.73 Å². The molecule has 1 aliphatic rings. The second kappa shape index (κ2) is 8.52. The fourth-order valence-corrected chi connectivity index (χ4v) is 3.54. The van der Waals surface area contributed by atoms with Gasteiger partial charge < -0.3 is 15.5 Å². The van der Waals surface area contributed by atoms with Gasteiger partial charge in [0.05, 0.1) is 6.42 Å². The Morgan fingerprint density at radius 1 is 1.00 bits per heavy atom. The monoisotopic (exact) mass is 383 g/mol. The van der Waals surface area contributed by atoms with E-state index in [0.29, 0.717) is 38.2 Å². The molecule has 148 valence electrons. The van der Waals surface area contributed by atoms with E-state index >= 15 is 0 Å². The van der Waals surface area contributed by atoms with Crippen LogP contribution in [0.25, 0.3) is 0 Å². The van der Waals surface area contributed by atoms with Crippen LogP contribution >= 0.6 is 0 Å². The number of nitrogens with two attached hydrogens (primary N) is 1. The Morgan fingerprint density at radius 2 is 1.68 bits per heavy atom. The van der Waals surface area contributed by atoms with Crippen LogP contribution in [0.2, 0.25) is 0 Å². The number of amides is 2. The van der Waals surface area contributed by atoms with Crippen LogP contribution in [0, 0.1) is 5.82 Å². The third-order valence-corrected chi connectivity index (χ3v) is 5.20. The molecule has 1 heterocycles. The number of benzene rings is 2. The molecule has 3 rings (SSSR count). The number of nitrogens with zero attached hydrogens (tertiary/aromatic N) is 2. The summed E-state index contributed by atoms with van der Waals surface area (Å²) in [7, 11) is 0. The van der Waals surface area contributed by atoms with Crippen molar-refractivity contribution >= 4 is 11.8 Å². The summed E-state index contributed by atoms with van der Waals surface area (Å²) in [5.74, 6) is -0.544. The Kier molecular flexibility index (Phi) is 6.09. The van der Waals surface area contributed by atoms with Gasteiger partial charge in [-0.15, -0.1) is 0 Å². The zero-order valence-corrected chi connectivity index (χ0v) is 16.1. The highest BCUT2D eigenvalue weighted by molar-refractivity contribution is 5.87. The Hall–Kier alpha value is -2.73. The normalized spacial score (nSPS) is 17.0. The zero-order chi connectivity index (χ0) is 20.1. The maximum atomic E-state index is 13.3. The van der Waals surface area contributed by atoms with Gasteiger partial charge in [-0.05, 0) is 36.6 Å². The van der Waals surface area contributed by atoms with E-state index in [2.05, 4.69) is 0 Å². The van der Waals surface area contributed by atoms with Gasteiger partial charge in [0.15, 0.2) is 0 Å². The zero-order valence-electron chi connectivity index (χ0n) is 16.1. The van der Waals surface area contributed by atoms with E-state index in [1.807, 2.05) is 30.3 Å². The van der Waals surface area contributed by atoms with E-state index < -0.39 is 5.54 Å². The van der Waals surface area contributed by atoms with E-state index in [9.17, 15) is 14.0 Å². The molecule has 1 fully saturated rings. The Labute approximate surface area is 164 Å². The van der Waals surface area contributed by atoms with Crippen molar-refractivity contribution in [2.24, 2.45) is 5.73 Å². The van der Waals surface area contributed by atoms with Crippen LogP contribution in [0.3, 0.4) is 0 Å². The largest absolute Gasteiger partial charge is 0.341 e. The van der Waals surface area contributed by atoms with Gasteiger partial charge in [0.25, 0.3) is 0 Å². The number of rotatable bonds is 4. The van der Waals surface area contributed by atoms with Crippen molar-refractivity contribution in [2.45, 2.75) is 25.3 Å². The first kappa shape index (κ1) is 20.0. The first-order valence-electron chi connectivity index (χ1n) is 9.54. The maximum absolute atomic E-state index is 13.3. The van der Waals surface area contributed by atoms with Crippen molar-refractivity contribution < 1.29 is 14.0 Å². The molecule has 5 nitrogen and oxygen atoms in total. The SMILES string of the molecule is CC(N)(C(=O)N1CCCN(C(=O)Cc2cccc(F)c2)CC1)c1ccccc1. The first-order chi connectivity index (χ1) is 13.4. The van der Waals surface area contributed by atoms with Crippen LogP contribution in [0.5, 0.6) is 0 Å². The minimum atomic E-state index is -1.11. The summed E-state index contributed by atoms with van der Waals surface area (Å²) in [6, 6.07) is 15.4. The lowest BCUT2D eigenvalue weighted by Gasteiger charge is -2.31. The number of hydrogen-bond donors (Lipinski definition) is 1. The molecule has 0 saturated carbocycles. The minimum absolute atomic E-state index is 0.0570. The summed E-state index contributed by atoms with van der Waals surface area (Å²) in [5.41, 5.74) is 6.68.